The number of hydrogen-bond donors (Lipinski definition) is 1. The maximum atomic E-state index is 13.8. The predicted molar refractivity (Wildman–Crippen MR) is 178 cm³/mol. The van der Waals surface area contributed by atoms with Gasteiger partial charge in [-0.2, -0.15) is 0 Å². The number of benzene rings is 3. The van der Waals surface area contributed by atoms with Crippen molar-refractivity contribution >= 4 is 57.5 Å². The molecule has 1 fully saturated rings. The van der Waals surface area contributed by atoms with Crippen molar-refractivity contribution in [2.75, 3.05) is 43.5 Å². The van der Waals surface area contributed by atoms with Crippen LogP contribution in [0.4, 0.5) is 17.1 Å². The third-order valence-electron chi connectivity index (χ3n) is 8.18. The Hall–Kier alpha value is -4.64. The van der Waals surface area contributed by atoms with E-state index in [0.29, 0.717) is 54.1 Å². The van der Waals surface area contributed by atoms with Crippen molar-refractivity contribution in [2.45, 2.75) is 37.5 Å². The number of ether oxygens (including phenoxy) is 1. The average molecular weight is 625 g/mol. The molecule has 0 radical (unpaired) electrons. The molecule has 0 aliphatic carbocycles. The van der Waals surface area contributed by atoms with Crippen molar-refractivity contribution < 1.29 is 19.1 Å². The van der Waals surface area contributed by atoms with Crippen molar-refractivity contribution in [3.8, 4) is 5.75 Å². The molecule has 0 bridgehead atoms. The first-order valence-corrected chi connectivity index (χ1v) is 16.1. The van der Waals surface area contributed by atoms with Gasteiger partial charge in [-0.25, -0.2) is 9.89 Å². The molecule has 3 heterocycles. The van der Waals surface area contributed by atoms with Crippen LogP contribution in [0.25, 0.3) is 0 Å². The van der Waals surface area contributed by atoms with Crippen LogP contribution in [0.15, 0.2) is 88.8 Å². The van der Waals surface area contributed by atoms with Gasteiger partial charge in [0, 0.05) is 55.6 Å². The summed E-state index contributed by atoms with van der Waals surface area (Å²) in [7, 11) is 1.58. The molecule has 3 aliphatic rings. The highest BCUT2D eigenvalue weighted by molar-refractivity contribution is 8.15. The van der Waals surface area contributed by atoms with Gasteiger partial charge in [-0.05, 0) is 49.2 Å². The lowest BCUT2D eigenvalue weighted by molar-refractivity contribution is -0.132. The highest BCUT2D eigenvalue weighted by Gasteiger charge is 2.42. The molecule has 0 unspecified atom stereocenters. The van der Waals surface area contributed by atoms with Gasteiger partial charge in [0.1, 0.15) is 17.6 Å². The highest BCUT2D eigenvalue weighted by Crippen LogP contribution is 2.36. The van der Waals surface area contributed by atoms with E-state index < -0.39 is 11.3 Å². The number of amidine groups is 2. The van der Waals surface area contributed by atoms with Crippen LogP contribution >= 0.6 is 11.8 Å². The number of methoxy groups -OCH3 is 1. The summed E-state index contributed by atoms with van der Waals surface area (Å²) in [6.45, 7) is 4.75. The monoisotopic (exact) mass is 624 g/mol. The number of amides is 3. The number of carbonyl (C=O) groups excluding carboxylic acids is 3. The lowest BCUT2D eigenvalue weighted by Crippen LogP contribution is -2.49. The molecule has 3 aromatic carbocycles. The smallest absolute Gasteiger partial charge is 0.259 e. The van der Waals surface area contributed by atoms with Gasteiger partial charge in [-0.3, -0.25) is 19.4 Å². The average Bonchev–Trinajstić information content (AvgIpc) is 3.42. The maximum Gasteiger partial charge on any atom is 0.259 e. The van der Waals surface area contributed by atoms with Crippen LogP contribution in [-0.4, -0.2) is 83.1 Å². The molecule has 3 aliphatic heterocycles. The molecular formula is C34H36N6O4S. The summed E-state index contributed by atoms with van der Waals surface area (Å²) in [4.78, 5) is 55.6. The maximum absolute atomic E-state index is 13.8. The topological polar surface area (TPSA) is 107 Å². The minimum Gasteiger partial charge on any atom is -0.497 e. The Morgan fingerprint density at radius 1 is 1.00 bits per heavy atom. The zero-order chi connectivity index (χ0) is 31.3. The van der Waals surface area contributed by atoms with Gasteiger partial charge in [0.05, 0.1) is 18.0 Å². The first kappa shape index (κ1) is 30.4. The van der Waals surface area contributed by atoms with E-state index in [4.69, 9.17) is 14.7 Å². The van der Waals surface area contributed by atoms with E-state index in [1.807, 2.05) is 66.4 Å². The number of thioether (sulfide) groups is 1. The summed E-state index contributed by atoms with van der Waals surface area (Å²) in [6.07, 6.45) is 1.06. The fourth-order valence-electron chi connectivity index (χ4n) is 5.71. The van der Waals surface area contributed by atoms with Gasteiger partial charge in [0.15, 0.2) is 5.17 Å². The number of anilines is 2. The normalized spacial score (nSPS) is 18.0. The Morgan fingerprint density at radius 3 is 2.51 bits per heavy atom. The van der Waals surface area contributed by atoms with Gasteiger partial charge in [-0.1, -0.05) is 55.1 Å². The van der Waals surface area contributed by atoms with Crippen LogP contribution < -0.4 is 15.0 Å². The van der Waals surface area contributed by atoms with Gasteiger partial charge < -0.3 is 19.9 Å². The van der Waals surface area contributed by atoms with Crippen molar-refractivity contribution in [1.82, 2.24) is 9.80 Å². The molecule has 232 valence electrons. The Morgan fingerprint density at radius 2 is 1.76 bits per heavy atom. The Kier molecular flexibility index (Phi) is 9.16. The fraction of sp³-hybridized carbons (Fsp3) is 0.324. The molecule has 1 saturated heterocycles. The first-order chi connectivity index (χ1) is 21.9. The molecule has 0 saturated carbocycles. The summed E-state index contributed by atoms with van der Waals surface area (Å²) in [5.74, 6) is 0.770. The minimum absolute atomic E-state index is 0.0320. The van der Waals surface area contributed by atoms with E-state index in [1.165, 1.54) is 16.7 Å². The molecule has 6 rings (SSSR count). The molecule has 3 aromatic rings. The van der Waals surface area contributed by atoms with Crippen LogP contribution in [0.1, 0.15) is 31.7 Å². The number of aliphatic imine (C=N–C) groups is 2. The standard InChI is InChI=1S/C34H36N6O4S/c1-3-29(32(42)35-23-10-9-13-25(22-23)44-2)45-34-37-27-15-8-7-14-26(27)31-36-28(33(43)40(31)34)16-17-30(41)39-20-18-38(19-21-39)24-11-5-4-6-12-24/h4-15,22,28-29H,3,16-21H2,1-2H3,(H,35,42)/t28-,29-/m1/s1. The van der Waals surface area contributed by atoms with E-state index >= 15 is 0 Å². The molecular weight excluding hydrogens is 588 g/mol. The van der Waals surface area contributed by atoms with E-state index in [-0.39, 0.29) is 24.1 Å². The molecule has 0 spiro atoms. The summed E-state index contributed by atoms with van der Waals surface area (Å²) < 4.78 is 5.28. The van der Waals surface area contributed by atoms with Crippen molar-refractivity contribution in [1.29, 1.82) is 0 Å². The van der Waals surface area contributed by atoms with Crippen LogP contribution in [0.2, 0.25) is 0 Å². The lowest BCUT2D eigenvalue weighted by atomic mass is 10.1. The molecule has 0 aromatic heterocycles. The van der Waals surface area contributed by atoms with E-state index in [1.54, 1.807) is 19.2 Å². The zero-order valence-corrected chi connectivity index (χ0v) is 26.2. The molecule has 1 N–H and O–H groups in total. The second-order valence-corrected chi connectivity index (χ2v) is 12.2. The third-order valence-corrected chi connectivity index (χ3v) is 9.50. The van der Waals surface area contributed by atoms with Crippen molar-refractivity contribution in [2.24, 2.45) is 9.98 Å². The van der Waals surface area contributed by atoms with Gasteiger partial charge in [0.2, 0.25) is 11.8 Å². The highest BCUT2D eigenvalue weighted by atomic mass is 32.2. The quantitative estimate of drug-likeness (QED) is 0.362. The van der Waals surface area contributed by atoms with E-state index in [0.717, 1.165) is 24.3 Å². The van der Waals surface area contributed by atoms with Gasteiger partial charge >= 0.3 is 0 Å². The van der Waals surface area contributed by atoms with E-state index in [2.05, 4.69) is 22.3 Å². The van der Waals surface area contributed by atoms with Crippen LogP contribution in [0, 0.1) is 0 Å². The van der Waals surface area contributed by atoms with Gasteiger partial charge in [-0.15, -0.1) is 0 Å². The number of rotatable bonds is 9. The molecule has 10 nitrogen and oxygen atoms in total. The Balaban J connectivity index is 1.12. The number of piperazine rings is 1. The Labute approximate surface area is 267 Å². The van der Waals surface area contributed by atoms with Crippen LogP contribution in [0.5, 0.6) is 5.75 Å². The lowest BCUT2D eigenvalue weighted by Gasteiger charge is -2.36. The first-order valence-electron chi connectivity index (χ1n) is 15.2. The number of carbonyl (C=O) groups is 3. The number of nitrogens with one attached hydrogen (secondary N) is 1. The fourth-order valence-corrected chi connectivity index (χ4v) is 6.73. The SMILES string of the molecule is CC[C@@H](SC1=Nc2ccccc2C2=N[C@H](CCC(=O)N3CCN(c4ccccc4)CC3)C(=O)N12)C(=O)Nc1cccc(OC)c1. The minimum atomic E-state index is -0.697. The second kappa shape index (κ2) is 13.6. The van der Waals surface area contributed by atoms with Crippen molar-refractivity contribution in [3.63, 3.8) is 0 Å². The van der Waals surface area contributed by atoms with Crippen LogP contribution in [-0.2, 0) is 14.4 Å². The third kappa shape index (κ3) is 6.58. The summed E-state index contributed by atoms with van der Waals surface area (Å²) in [6, 6.07) is 24.2. The number of hydrogen-bond acceptors (Lipinski definition) is 8. The molecule has 45 heavy (non-hydrogen) atoms. The largest absolute Gasteiger partial charge is 0.497 e. The molecule has 2 atom stereocenters. The summed E-state index contributed by atoms with van der Waals surface area (Å²) in [5.41, 5.74) is 3.24. The van der Waals surface area contributed by atoms with Crippen LogP contribution in [0.3, 0.4) is 0 Å². The predicted octanol–water partition coefficient (Wildman–Crippen LogP) is 4.93. The zero-order valence-electron chi connectivity index (χ0n) is 25.4. The summed E-state index contributed by atoms with van der Waals surface area (Å²) >= 11 is 1.25. The van der Waals surface area contributed by atoms with E-state index in [9.17, 15) is 14.4 Å². The number of para-hydroxylation sites is 2. The molecule has 3 amide bonds. The Bertz CT molecular complexity index is 1640. The van der Waals surface area contributed by atoms with Crippen molar-refractivity contribution in [3.05, 3.63) is 84.4 Å². The number of nitrogens with zero attached hydrogens (tertiary/aromatic N) is 5. The number of fused-ring (bicyclic) bond motifs is 3. The second-order valence-electron chi connectivity index (χ2n) is 11.0. The van der Waals surface area contributed by atoms with Gasteiger partial charge in [0.25, 0.3) is 5.91 Å². The molecule has 11 heteroatoms. The summed E-state index contributed by atoms with van der Waals surface area (Å²) in [5, 5.41) is 2.86.